The van der Waals surface area contributed by atoms with Crippen LogP contribution in [-0.4, -0.2) is 79.4 Å². The second-order valence-corrected chi connectivity index (χ2v) is 14.8. The molecule has 5 heterocycles. The molecule has 4 aromatic rings. The summed E-state index contributed by atoms with van der Waals surface area (Å²) < 4.78 is 26.2. The standard InChI is InChI=1S/C41H49FN6O4/c1-51-41(50)45-38(29-17-23-52-24-18-29)40(49)48-20-6-10-37(48)39-43-33-13-11-30(25-34(33)44-39)35-9-5-19-47(35)31-12-14-36(32(42)26-31)46-21-15-28(16-22-46)27-7-3-2-4-8-27/h2-4,7-8,11-14,25-26,28-29,35,37-38H,5-6,9-10,15-24H2,1H3,(H,43,44)(H,45,50)/t35-,37+,38?/m1/s1. The minimum absolute atomic E-state index is 0.0173. The maximum atomic E-state index is 15.8. The van der Waals surface area contributed by atoms with Crippen LogP contribution in [-0.2, 0) is 14.3 Å². The molecule has 3 aromatic carbocycles. The maximum absolute atomic E-state index is 15.8. The molecular formula is C41H49FN6O4. The van der Waals surface area contributed by atoms with Gasteiger partial charge >= 0.3 is 6.09 Å². The molecule has 2 N–H and O–H groups in total. The Hall–Kier alpha value is -4.64. The third kappa shape index (κ3) is 6.95. The molecule has 274 valence electrons. The third-order valence-corrected chi connectivity index (χ3v) is 11.8. The molecule has 1 unspecified atom stereocenters. The number of hydrogen-bond donors (Lipinski definition) is 2. The van der Waals surface area contributed by atoms with Crippen LogP contribution in [0, 0.1) is 11.7 Å². The summed E-state index contributed by atoms with van der Waals surface area (Å²) in [6.07, 6.45) is 6.50. The Balaban J connectivity index is 0.968. The SMILES string of the molecule is COC(=O)NC(C(=O)N1CCC[C@H]1c1nc2cc([C@H]3CCCN3c3ccc(N4CCC(c5ccccc5)CC4)c(F)c3)ccc2[nH]1)C1CCOCC1. The number of fused-ring (bicyclic) bond motifs is 1. The zero-order chi connectivity index (χ0) is 35.6. The number of rotatable bonds is 8. The molecule has 4 saturated heterocycles. The Morgan fingerprint density at radius 1 is 0.885 bits per heavy atom. The summed E-state index contributed by atoms with van der Waals surface area (Å²) in [4.78, 5) is 41.3. The molecule has 10 nitrogen and oxygen atoms in total. The molecule has 0 spiro atoms. The van der Waals surface area contributed by atoms with Crippen LogP contribution < -0.4 is 15.1 Å². The first-order valence-corrected chi connectivity index (χ1v) is 19.0. The highest BCUT2D eigenvalue weighted by Crippen LogP contribution is 2.40. The topological polar surface area (TPSA) is 103 Å². The smallest absolute Gasteiger partial charge is 0.407 e. The fourth-order valence-electron chi connectivity index (χ4n) is 9.05. The summed E-state index contributed by atoms with van der Waals surface area (Å²) >= 11 is 0. The molecule has 11 heteroatoms. The number of alkyl carbamates (subject to hydrolysis) is 1. The van der Waals surface area contributed by atoms with Crippen molar-refractivity contribution in [3.8, 4) is 0 Å². The minimum Gasteiger partial charge on any atom is -0.453 e. The van der Waals surface area contributed by atoms with E-state index in [9.17, 15) is 9.59 Å². The van der Waals surface area contributed by atoms with Crippen molar-refractivity contribution in [1.29, 1.82) is 0 Å². The highest BCUT2D eigenvalue weighted by atomic mass is 19.1. The second kappa shape index (κ2) is 15.1. The number of ether oxygens (including phenoxy) is 2. The number of carbonyl (C=O) groups is 2. The van der Waals surface area contributed by atoms with Crippen molar-refractivity contribution in [1.82, 2.24) is 20.2 Å². The number of piperidine rings is 1. The number of amides is 2. The molecule has 4 fully saturated rings. The van der Waals surface area contributed by atoms with E-state index in [0.717, 1.165) is 86.3 Å². The van der Waals surface area contributed by atoms with E-state index in [-0.39, 0.29) is 29.7 Å². The Labute approximate surface area is 304 Å². The average molecular weight is 709 g/mol. The number of halogens is 1. The van der Waals surface area contributed by atoms with E-state index in [1.54, 1.807) is 6.07 Å². The monoisotopic (exact) mass is 708 g/mol. The fourth-order valence-corrected chi connectivity index (χ4v) is 9.05. The van der Waals surface area contributed by atoms with Gasteiger partial charge in [0.05, 0.1) is 35.9 Å². The number of benzene rings is 3. The first-order chi connectivity index (χ1) is 25.5. The molecule has 0 aliphatic carbocycles. The summed E-state index contributed by atoms with van der Waals surface area (Å²) in [6, 6.07) is 22.0. The van der Waals surface area contributed by atoms with E-state index in [0.29, 0.717) is 44.2 Å². The number of carbonyl (C=O) groups excluding carboxylic acids is 2. The van der Waals surface area contributed by atoms with Gasteiger partial charge in [0.15, 0.2) is 0 Å². The zero-order valence-corrected chi connectivity index (χ0v) is 29.9. The second-order valence-electron chi connectivity index (χ2n) is 14.8. The lowest BCUT2D eigenvalue weighted by Gasteiger charge is -2.34. The summed E-state index contributed by atoms with van der Waals surface area (Å²) in [5, 5.41) is 2.83. The number of aromatic nitrogens is 2. The van der Waals surface area contributed by atoms with Crippen molar-refractivity contribution in [3.63, 3.8) is 0 Å². The molecule has 8 rings (SSSR count). The predicted octanol–water partition coefficient (Wildman–Crippen LogP) is 7.24. The molecule has 0 bridgehead atoms. The van der Waals surface area contributed by atoms with Gasteiger partial charge in [-0.3, -0.25) is 4.79 Å². The molecule has 1 aromatic heterocycles. The van der Waals surface area contributed by atoms with Crippen LogP contribution in [0.5, 0.6) is 0 Å². The van der Waals surface area contributed by atoms with Gasteiger partial charge in [-0.25, -0.2) is 14.2 Å². The Morgan fingerprint density at radius 2 is 1.65 bits per heavy atom. The molecule has 3 atom stereocenters. The first-order valence-electron chi connectivity index (χ1n) is 19.0. The number of aromatic amines is 1. The molecule has 0 radical (unpaired) electrons. The zero-order valence-electron chi connectivity index (χ0n) is 29.9. The van der Waals surface area contributed by atoms with Crippen LogP contribution >= 0.6 is 0 Å². The van der Waals surface area contributed by atoms with E-state index in [4.69, 9.17) is 14.5 Å². The lowest BCUT2D eigenvalue weighted by atomic mass is 9.89. The van der Waals surface area contributed by atoms with Gasteiger partial charge in [0.2, 0.25) is 5.91 Å². The molecule has 52 heavy (non-hydrogen) atoms. The van der Waals surface area contributed by atoms with Gasteiger partial charge in [-0.1, -0.05) is 36.4 Å². The molecular weight excluding hydrogens is 659 g/mol. The highest BCUT2D eigenvalue weighted by molar-refractivity contribution is 5.87. The molecule has 0 saturated carbocycles. The highest BCUT2D eigenvalue weighted by Gasteiger charge is 2.40. The van der Waals surface area contributed by atoms with Crippen LogP contribution in [0.4, 0.5) is 20.6 Å². The normalized spacial score (nSPS) is 22.2. The van der Waals surface area contributed by atoms with Gasteiger partial charge in [-0.15, -0.1) is 0 Å². The number of anilines is 2. The van der Waals surface area contributed by atoms with Crippen molar-refractivity contribution in [2.45, 2.75) is 75.4 Å². The van der Waals surface area contributed by atoms with Crippen LogP contribution in [0.3, 0.4) is 0 Å². The Bertz CT molecular complexity index is 1870. The van der Waals surface area contributed by atoms with E-state index in [1.165, 1.54) is 12.7 Å². The van der Waals surface area contributed by atoms with Crippen LogP contribution in [0.25, 0.3) is 11.0 Å². The lowest BCUT2D eigenvalue weighted by molar-refractivity contribution is -0.136. The van der Waals surface area contributed by atoms with Crippen molar-refractivity contribution in [2.24, 2.45) is 5.92 Å². The largest absolute Gasteiger partial charge is 0.453 e. The van der Waals surface area contributed by atoms with E-state index < -0.39 is 12.1 Å². The number of likely N-dealkylation sites (tertiary alicyclic amines) is 1. The summed E-state index contributed by atoms with van der Waals surface area (Å²) in [7, 11) is 1.32. The van der Waals surface area contributed by atoms with Gasteiger partial charge in [0.25, 0.3) is 0 Å². The summed E-state index contributed by atoms with van der Waals surface area (Å²) in [6.45, 7) is 4.30. The quantitative estimate of drug-likeness (QED) is 0.199. The van der Waals surface area contributed by atoms with Gasteiger partial charge < -0.3 is 34.5 Å². The van der Waals surface area contributed by atoms with Crippen molar-refractivity contribution in [2.75, 3.05) is 56.3 Å². The van der Waals surface area contributed by atoms with Gasteiger partial charge in [-0.2, -0.15) is 0 Å². The number of nitrogens with one attached hydrogen (secondary N) is 2. The molecule has 4 aliphatic heterocycles. The number of hydrogen-bond acceptors (Lipinski definition) is 7. The van der Waals surface area contributed by atoms with Gasteiger partial charge in [-0.05, 0) is 105 Å². The average Bonchev–Trinajstić information content (AvgIpc) is 3.97. The Morgan fingerprint density at radius 3 is 2.42 bits per heavy atom. The molecule has 2 amide bonds. The molecule has 4 aliphatic rings. The van der Waals surface area contributed by atoms with Crippen molar-refractivity contribution in [3.05, 3.63) is 89.5 Å². The van der Waals surface area contributed by atoms with Crippen LogP contribution in [0.15, 0.2) is 66.7 Å². The number of H-pyrrole nitrogens is 1. The van der Waals surface area contributed by atoms with Crippen LogP contribution in [0.2, 0.25) is 0 Å². The van der Waals surface area contributed by atoms with Crippen molar-refractivity contribution >= 4 is 34.4 Å². The van der Waals surface area contributed by atoms with Crippen molar-refractivity contribution < 1.29 is 23.5 Å². The lowest BCUT2D eigenvalue weighted by Crippen LogP contribution is -2.53. The van der Waals surface area contributed by atoms with E-state index in [1.807, 2.05) is 11.0 Å². The summed E-state index contributed by atoms with van der Waals surface area (Å²) in [5.41, 5.74) is 5.90. The summed E-state index contributed by atoms with van der Waals surface area (Å²) in [5.74, 6) is 1.01. The van der Waals surface area contributed by atoms with Crippen LogP contribution in [0.1, 0.15) is 86.3 Å². The first kappa shape index (κ1) is 34.4. The maximum Gasteiger partial charge on any atom is 0.407 e. The predicted molar refractivity (Wildman–Crippen MR) is 199 cm³/mol. The minimum atomic E-state index is -0.674. The van der Waals surface area contributed by atoms with Gasteiger partial charge in [0, 0.05) is 45.1 Å². The van der Waals surface area contributed by atoms with E-state index >= 15 is 4.39 Å². The van der Waals surface area contributed by atoms with E-state index in [2.05, 4.69) is 74.7 Å². The van der Waals surface area contributed by atoms with Gasteiger partial charge in [0.1, 0.15) is 17.7 Å². The fraction of sp³-hybridized carbons (Fsp3) is 0.488. The number of methoxy groups -OCH3 is 1. The Kier molecular flexibility index (Phi) is 10.0. The third-order valence-electron chi connectivity index (χ3n) is 11.8. The number of nitrogens with zero attached hydrogens (tertiary/aromatic N) is 4. The number of imidazole rings is 1.